The van der Waals surface area contributed by atoms with Crippen molar-refractivity contribution in [2.24, 2.45) is 5.92 Å². The molecular formula is C47H41N5O3. The lowest BCUT2D eigenvalue weighted by Crippen LogP contribution is -2.41. The second-order valence-corrected chi connectivity index (χ2v) is 13.9. The minimum Gasteiger partial charge on any atom is -0.465 e. The van der Waals surface area contributed by atoms with Gasteiger partial charge in [-0.3, -0.25) is 4.79 Å². The van der Waals surface area contributed by atoms with Gasteiger partial charge in [0, 0.05) is 17.2 Å². The minimum atomic E-state index is -0.885. The largest absolute Gasteiger partial charge is 0.465 e. The van der Waals surface area contributed by atoms with Crippen LogP contribution in [0.1, 0.15) is 57.9 Å². The summed E-state index contributed by atoms with van der Waals surface area (Å²) in [6.45, 7) is 2.49. The molecule has 0 saturated carbocycles. The summed E-state index contributed by atoms with van der Waals surface area (Å²) < 4.78 is 4.99. The van der Waals surface area contributed by atoms with Gasteiger partial charge in [-0.1, -0.05) is 159 Å². The van der Waals surface area contributed by atoms with Crippen molar-refractivity contribution in [2.75, 3.05) is 12.0 Å². The third-order valence-electron chi connectivity index (χ3n) is 10.6. The maximum Gasteiger partial charge on any atom is 0.337 e. The summed E-state index contributed by atoms with van der Waals surface area (Å²) in [6.07, 6.45) is 2.39. The lowest BCUT2D eigenvalue weighted by atomic mass is 9.77. The van der Waals surface area contributed by atoms with E-state index in [1.807, 2.05) is 83.8 Å². The van der Waals surface area contributed by atoms with E-state index in [1.54, 1.807) is 16.9 Å². The van der Waals surface area contributed by atoms with Gasteiger partial charge in [-0.15, -0.1) is 15.0 Å². The van der Waals surface area contributed by atoms with E-state index >= 15 is 0 Å². The number of nitrogens with zero attached hydrogens (tertiary/aromatic N) is 5. The summed E-state index contributed by atoms with van der Waals surface area (Å²) >= 11 is 0. The quantitative estimate of drug-likeness (QED) is 0.0977. The highest BCUT2D eigenvalue weighted by molar-refractivity contribution is 6.00. The number of hydrogen-bond acceptors (Lipinski definition) is 6. The zero-order valence-electron chi connectivity index (χ0n) is 30.9. The molecule has 1 atom stereocenters. The number of ether oxygens (including phenoxy) is 1. The molecule has 0 bridgehead atoms. The number of carbonyl (C=O) groups is 2. The highest BCUT2D eigenvalue weighted by Gasteiger charge is 2.41. The van der Waals surface area contributed by atoms with Gasteiger partial charge in [-0.2, -0.15) is 0 Å². The predicted octanol–water partition coefficient (Wildman–Crippen LogP) is 9.14. The Kier molecular flexibility index (Phi) is 9.88. The molecule has 1 aliphatic heterocycles. The van der Waals surface area contributed by atoms with Crippen LogP contribution in [-0.4, -0.2) is 39.2 Å². The number of amides is 1. The van der Waals surface area contributed by atoms with Crippen molar-refractivity contribution in [2.45, 2.75) is 38.3 Å². The molecule has 0 spiro atoms. The van der Waals surface area contributed by atoms with Crippen molar-refractivity contribution in [1.82, 2.24) is 20.2 Å². The van der Waals surface area contributed by atoms with E-state index in [0.29, 0.717) is 24.4 Å². The van der Waals surface area contributed by atoms with E-state index < -0.39 is 11.5 Å². The SMILES string of the molecule is CCCC1Cc2ccc(C(=O)OC)cc2N(Cc2ccc(-c3ccccc3-c3nnn(C(c4ccccc4)(c4ccccc4)c4ccccc4)n3)cc2)C1=O. The smallest absolute Gasteiger partial charge is 0.337 e. The summed E-state index contributed by atoms with van der Waals surface area (Å²) in [4.78, 5) is 29.8. The first-order chi connectivity index (χ1) is 27.0. The summed E-state index contributed by atoms with van der Waals surface area (Å²) in [7, 11) is 1.37. The van der Waals surface area contributed by atoms with Gasteiger partial charge in [0.15, 0.2) is 5.54 Å². The van der Waals surface area contributed by atoms with Gasteiger partial charge >= 0.3 is 5.97 Å². The fourth-order valence-corrected chi connectivity index (χ4v) is 7.91. The van der Waals surface area contributed by atoms with E-state index in [-0.39, 0.29) is 11.8 Å². The van der Waals surface area contributed by atoms with Gasteiger partial charge in [0.05, 0.1) is 19.2 Å². The zero-order valence-corrected chi connectivity index (χ0v) is 30.9. The van der Waals surface area contributed by atoms with Gasteiger partial charge in [0.2, 0.25) is 11.7 Å². The Morgan fingerprint density at radius 1 is 0.745 bits per heavy atom. The van der Waals surface area contributed by atoms with Crippen molar-refractivity contribution >= 4 is 17.6 Å². The molecule has 0 saturated heterocycles. The Labute approximate surface area is 321 Å². The van der Waals surface area contributed by atoms with E-state index in [1.165, 1.54) is 7.11 Å². The Bertz CT molecular complexity index is 2330. The number of tetrazole rings is 1. The first-order valence-electron chi connectivity index (χ1n) is 18.7. The van der Waals surface area contributed by atoms with Crippen LogP contribution in [0.25, 0.3) is 22.5 Å². The van der Waals surface area contributed by atoms with Gasteiger partial charge in [0.25, 0.3) is 0 Å². The van der Waals surface area contributed by atoms with E-state index in [2.05, 4.69) is 73.7 Å². The molecule has 272 valence electrons. The number of carbonyl (C=O) groups excluding carboxylic acids is 2. The number of hydrogen-bond donors (Lipinski definition) is 0. The number of rotatable bonds is 11. The maximum atomic E-state index is 13.9. The Morgan fingerprint density at radius 2 is 1.33 bits per heavy atom. The van der Waals surface area contributed by atoms with Crippen LogP contribution in [0, 0.1) is 5.92 Å². The lowest BCUT2D eigenvalue weighted by Gasteiger charge is -2.34. The van der Waals surface area contributed by atoms with Gasteiger partial charge in [0.1, 0.15) is 0 Å². The number of esters is 1. The molecule has 6 aromatic carbocycles. The average Bonchev–Trinajstić information content (AvgIpc) is 3.74. The Hall–Kier alpha value is -6.67. The van der Waals surface area contributed by atoms with E-state index in [9.17, 15) is 9.59 Å². The van der Waals surface area contributed by atoms with Crippen LogP contribution in [0.4, 0.5) is 5.69 Å². The second-order valence-electron chi connectivity index (χ2n) is 13.9. The molecule has 0 fully saturated rings. The number of methoxy groups -OCH3 is 1. The first kappa shape index (κ1) is 35.4. The third-order valence-corrected chi connectivity index (χ3v) is 10.6. The monoisotopic (exact) mass is 723 g/mol. The predicted molar refractivity (Wildman–Crippen MR) is 214 cm³/mol. The number of aromatic nitrogens is 4. The van der Waals surface area contributed by atoms with Crippen LogP contribution in [0.2, 0.25) is 0 Å². The molecule has 2 heterocycles. The molecule has 1 amide bonds. The molecule has 7 aromatic rings. The van der Waals surface area contributed by atoms with Crippen molar-refractivity contribution in [1.29, 1.82) is 0 Å². The molecule has 8 heteroatoms. The van der Waals surface area contributed by atoms with Gasteiger partial charge < -0.3 is 9.64 Å². The fraction of sp³-hybridized carbons (Fsp3) is 0.170. The molecule has 0 aliphatic carbocycles. The summed E-state index contributed by atoms with van der Waals surface area (Å²) in [5, 5.41) is 14.6. The fourth-order valence-electron chi connectivity index (χ4n) is 7.91. The molecule has 1 unspecified atom stereocenters. The maximum absolute atomic E-state index is 13.9. The molecule has 8 nitrogen and oxygen atoms in total. The van der Waals surface area contributed by atoms with Crippen LogP contribution in [0.5, 0.6) is 0 Å². The van der Waals surface area contributed by atoms with Crippen molar-refractivity contribution < 1.29 is 14.3 Å². The van der Waals surface area contributed by atoms with Crippen molar-refractivity contribution in [3.63, 3.8) is 0 Å². The molecule has 8 rings (SSSR count). The van der Waals surface area contributed by atoms with Crippen LogP contribution in [-0.2, 0) is 28.0 Å². The average molecular weight is 724 g/mol. The van der Waals surface area contributed by atoms with E-state index in [4.69, 9.17) is 20.1 Å². The second kappa shape index (κ2) is 15.4. The molecule has 1 aliphatic rings. The minimum absolute atomic E-state index is 0.0810. The number of anilines is 1. The Morgan fingerprint density at radius 3 is 1.91 bits per heavy atom. The highest BCUT2D eigenvalue weighted by Crippen LogP contribution is 2.41. The van der Waals surface area contributed by atoms with Crippen LogP contribution in [0.15, 0.2) is 158 Å². The first-order valence-corrected chi connectivity index (χ1v) is 18.7. The molecule has 0 N–H and O–H groups in total. The van der Waals surface area contributed by atoms with Crippen LogP contribution < -0.4 is 4.90 Å². The highest BCUT2D eigenvalue weighted by atomic mass is 16.5. The van der Waals surface area contributed by atoms with Crippen LogP contribution >= 0.6 is 0 Å². The number of benzene rings is 6. The molecule has 0 radical (unpaired) electrons. The summed E-state index contributed by atoms with van der Waals surface area (Å²) in [5.74, 6) is 0.0653. The van der Waals surface area contributed by atoms with Crippen molar-refractivity contribution in [3.8, 4) is 22.5 Å². The zero-order chi connectivity index (χ0) is 37.8. The van der Waals surface area contributed by atoms with Gasteiger partial charge in [-0.05, 0) is 69.1 Å². The standard InChI is InChI=1S/C47H41N5O3/c1-3-15-36-30-35-28-29-37(46(54)55-2)31-43(35)51(45(36)53)32-33-24-26-34(27-25-33)41-22-13-14-23-42(41)44-48-50-52(49-44)47(38-16-7-4-8-17-38,39-18-9-5-10-19-39)40-20-11-6-12-21-40/h4-14,16-29,31,36H,3,15,30,32H2,1-2H3. The molecule has 1 aromatic heterocycles. The van der Waals surface area contributed by atoms with Gasteiger partial charge in [-0.25, -0.2) is 4.79 Å². The topological polar surface area (TPSA) is 90.2 Å². The molecular weight excluding hydrogens is 683 g/mol. The third kappa shape index (κ3) is 6.61. The summed E-state index contributed by atoms with van der Waals surface area (Å²) in [6, 6.07) is 52.8. The lowest BCUT2D eigenvalue weighted by molar-refractivity contribution is -0.123. The number of fused-ring (bicyclic) bond motifs is 1. The summed E-state index contributed by atoms with van der Waals surface area (Å²) in [5.41, 5.74) is 8.18. The normalized spacial score (nSPS) is 14.0. The molecule has 55 heavy (non-hydrogen) atoms. The van der Waals surface area contributed by atoms with Crippen LogP contribution in [0.3, 0.4) is 0 Å². The van der Waals surface area contributed by atoms with Crippen molar-refractivity contribution in [3.05, 3.63) is 191 Å². The Balaban J connectivity index is 1.15. The van der Waals surface area contributed by atoms with E-state index in [0.717, 1.165) is 63.0 Å².